The smallest absolute Gasteiger partial charge is 0.146 e. The van der Waals surface area contributed by atoms with Gasteiger partial charge in [0.15, 0.2) is 0 Å². The lowest BCUT2D eigenvalue weighted by Gasteiger charge is -2.34. The number of aromatic nitrogens is 1. The molecule has 0 amide bonds. The van der Waals surface area contributed by atoms with Crippen molar-refractivity contribution in [3.8, 4) is 21.8 Å². The van der Waals surface area contributed by atoms with Crippen molar-refractivity contribution in [2.24, 2.45) is 4.99 Å². The minimum absolute atomic E-state index is 0.942. The second-order valence-electron chi connectivity index (χ2n) is 8.00. The Morgan fingerprint density at radius 3 is 1.94 bits per heavy atom. The number of hydrogen-bond donors (Lipinski definition) is 0. The molecule has 1 aromatic heterocycles. The summed E-state index contributed by atoms with van der Waals surface area (Å²) >= 11 is 1.66. The highest BCUT2D eigenvalue weighted by molar-refractivity contribution is 7.19. The minimum Gasteiger partial charge on any atom is -0.354 e. The van der Waals surface area contributed by atoms with E-state index in [9.17, 15) is 0 Å². The molecule has 1 saturated heterocycles. The maximum atomic E-state index is 5.28. The molecule has 0 bridgehead atoms. The van der Waals surface area contributed by atoms with Gasteiger partial charge in [0, 0.05) is 42.9 Å². The molecule has 32 heavy (non-hydrogen) atoms. The Bertz CT molecular complexity index is 1180. The van der Waals surface area contributed by atoms with E-state index in [1.165, 1.54) is 0 Å². The molecular formula is C27H26N4S. The van der Waals surface area contributed by atoms with Gasteiger partial charge in [0.1, 0.15) is 21.5 Å². The molecule has 0 N–H and O–H groups in total. The first kappa shape index (κ1) is 20.6. The molecule has 4 aromatic rings. The lowest BCUT2D eigenvalue weighted by atomic mass is 10.1. The zero-order valence-electron chi connectivity index (χ0n) is 18.2. The molecule has 0 spiro atoms. The fraction of sp³-hybridized carbons (Fsp3) is 0.185. The standard InChI is InChI=1S/C27H26N4S/c1-30-17-19-31(20-18-30)25(22-13-7-3-8-14-22)29-27-24(21-11-5-2-6-12-21)28-26(32-27)23-15-9-4-10-16-23/h2-16H,17-20H2,1H3. The topological polar surface area (TPSA) is 31.7 Å². The van der Waals surface area contributed by atoms with Crippen LogP contribution in [0.4, 0.5) is 5.00 Å². The first-order valence-corrected chi connectivity index (χ1v) is 11.8. The molecule has 2 heterocycles. The van der Waals surface area contributed by atoms with Crippen LogP contribution in [0.2, 0.25) is 0 Å². The van der Waals surface area contributed by atoms with Crippen LogP contribution in [0.1, 0.15) is 5.56 Å². The van der Waals surface area contributed by atoms with Crippen LogP contribution in [-0.4, -0.2) is 53.8 Å². The van der Waals surface area contributed by atoms with Crippen molar-refractivity contribution in [2.45, 2.75) is 0 Å². The lowest BCUT2D eigenvalue weighted by molar-refractivity contribution is 0.216. The SMILES string of the molecule is CN1CCN(C(=Nc2sc(-c3ccccc3)nc2-c2ccccc2)c2ccccc2)CC1. The van der Waals surface area contributed by atoms with Crippen LogP contribution >= 0.6 is 11.3 Å². The fourth-order valence-corrected chi connectivity index (χ4v) is 4.86. The highest BCUT2D eigenvalue weighted by Crippen LogP contribution is 2.40. The molecule has 0 saturated carbocycles. The van der Waals surface area contributed by atoms with E-state index in [1.54, 1.807) is 11.3 Å². The maximum absolute atomic E-state index is 5.28. The predicted molar refractivity (Wildman–Crippen MR) is 135 cm³/mol. The van der Waals surface area contributed by atoms with Gasteiger partial charge < -0.3 is 9.80 Å². The van der Waals surface area contributed by atoms with Crippen LogP contribution in [0.15, 0.2) is 96.0 Å². The van der Waals surface area contributed by atoms with Crippen LogP contribution in [0.3, 0.4) is 0 Å². The summed E-state index contributed by atoms with van der Waals surface area (Å²) in [5.74, 6) is 1.03. The number of thiazole rings is 1. The average Bonchev–Trinajstić information content (AvgIpc) is 3.29. The highest BCUT2D eigenvalue weighted by atomic mass is 32.1. The molecule has 160 valence electrons. The van der Waals surface area contributed by atoms with E-state index in [-0.39, 0.29) is 0 Å². The monoisotopic (exact) mass is 438 g/mol. The van der Waals surface area contributed by atoms with Gasteiger partial charge in [-0.3, -0.25) is 0 Å². The minimum atomic E-state index is 0.942. The molecule has 0 unspecified atom stereocenters. The number of piperazine rings is 1. The summed E-state index contributed by atoms with van der Waals surface area (Å²) in [6.45, 7) is 4.01. The van der Waals surface area contributed by atoms with Crippen LogP contribution in [0, 0.1) is 0 Å². The summed E-state index contributed by atoms with van der Waals surface area (Å²) in [6, 6.07) is 31.3. The molecule has 5 rings (SSSR count). The van der Waals surface area contributed by atoms with Gasteiger partial charge >= 0.3 is 0 Å². The second-order valence-corrected chi connectivity index (χ2v) is 8.97. The van der Waals surface area contributed by atoms with Crippen molar-refractivity contribution >= 4 is 22.2 Å². The second kappa shape index (κ2) is 9.47. The van der Waals surface area contributed by atoms with Crippen molar-refractivity contribution in [2.75, 3.05) is 33.2 Å². The fourth-order valence-electron chi connectivity index (χ4n) is 3.90. The zero-order valence-corrected chi connectivity index (χ0v) is 19.0. The third-order valence-corrected chi connectivity index (χ3v) is 6.72. The van der Waals surface area contributed by atoms with E-state index in [0.29, 0.717) is 0 Å². The number of likely N-dealkylation sites (N-methyl/N-ethyl adjacent to an activating group) is 1. The molecule has 1 fully saturated rings. The number of hydrogen-bond acceptors (Lipinski definition) is 4. The average molecular weight is 439 g/mol. The molecule has 5 heteroatoms. The zero-order chi connectivity index (χ0) is 21.8. The Hall–Kier alpha value is -3.28. The van der Waals surface area contributed by atoms with Crippen molar-refractivity contribution in [1.82, 2.24) is 14.8 Å². The maximum Gasteiger partial charge on any atom is 0.146 e. The molecule has 3 aromatic carbocycles. The molecule has 0 aliphatic carbocycles. The summed E-state index contributed by atoms with van der Waals surface area (Å²) in [6.07, 6.45) is 0. The molecule has 0 radical (unpaired) electrons. The molecule has 1 aliphatic rings. The molecule has 0 atom stereocenters. The number of benzene rings is 3. The summed E-state index contributed by atoms with van der Waals surface area (Å²) in [5.41, 5.74) is 4.30. The first-order valence-electron chi connectivity index (χ1n) is 11.0. The Morgan fingerprint density at radius 2 is 1.31 bits per heavy atom. The van der Waals surface area contributed by atoms with E-state index in [2.05, 4.69) is 95.7 Å². The summed E-state index contributed by atoms with van der Waals surface area (Å²) in [4.78, 5) is 15.1. The number of nitrogens with zero attached hydrogens (tertiary/aromatic N) is 4. The highest BCUT2D eigenvalue weighted by Gasteiger charge is 2.21. The van der Waals surface area contributed by atoms with Crippen molar-refractivity contribution < 1.29 is 0 Å². The van der Waals surface area contributed by atoms with Gasteiger partial charge in [-0.05, 0) is 7.05 Å². The lowest BCUT2D eigenvalue weighted by Crippen LogP contribution is -2.47. The van der Waals surface area contributed by atoms with E-state index < -0.39 is 0 Å². The summed E-state index contributed by atoms with van der Waals surface area (Å²) < 4.78 is 0. The van der Waals surface area contributed by atoms with Crippen LogP contribution in [0.25, 0.3) is 21.8 Å². The predicted octanol–water partition coefficient (Wildman–Crippen LogP) is 5.80. The molecular weight excluding hydrogens is 412 g/mol. The number of rotatable bonds is 4. The summed E-state index contributed by atoms with van der Waals surface area (Å²) in [5, 5.41) is 1.95. The third kappa shape index (κ3) is 4.49. The van der Waals surface area contributed by atoms with Gasteiger partial charge in [0.05, 0.1) is 0 Å². The quantitative estimate of drug-likeness (QED) is 0.298. The van der Waals surface area contributed by atoms with Crippen molar-refractivity contribution in [3.05, 3.63) is 96.6 Å². The normalized spacial score (nSPS) is 15.2. The van der Waals surface area contributed by atoms with E-state index in [1.807, 2.05) is 12.1 Å². The molecule has 4 nitrogen and oxygen atoms in total. The Labute approximate surface area is 193 Å². The van der Waals surface area contributed by atoms with Gasteiger partial charge in [-0.15, -0.1) is 0 Å². The van der Waals surface area contributed by atoms with Crippen molar-refractivity contribution in [1.29, 1.82) is 0 Å². The van der Waals surface area contributed by atoms with Crippen LogP contribution in [0.5, 0.6) is 0 Å². The van der Waals surface area contributed by atoms with Gasteiger partial charge in [0.2, 0.25) is 0 Å². The van der Waals surface area contributed by atoms with Gasteiger partial charge in [-0.1, -0.05) is 102 Å². The van der Waals surface area contributed by atoms with E-state index in [0.717, 1.165) is 64.4 Å². The largest absolute Gasteiger partial charge is 0.354 e. The van der Waals surface area contributed by atoms with Gasteiger partial charge in [-0.2, -0.15) is 0 Å². The van der Waals surface area contributed by atoms with Gasteiger partial charge in [-0.25, -0.2) is 9.98 Å². The van der Waals surface area contributed by atoms with Crippen LogP contribution in [-0.2, 0) is 0 Å². The number of aliphatic imine (C=N–C) groups is 1. The van der Waals surface area contributed by atoms with E-state index in [4.69, 9.17) is 9.98 Å². The molecule has 1 aliphatic heterocycles. The van der Waals surface area contributed by atoms with Crippen LogP contribution < -0.4 is 0 Å². The van der Waals surface area contributed by atoms with Crippen molar-refractivity contribution in [3.63, 3.8) is 0 Å². The summed E-state index contributed by atoms with van der Waals surface area (Å²) in [7, 11) is 2.18. The van der Waals surface area contributed by atoms with E-state index >= 15 is 0 Å². The Kier molecular flexibility index (Phi) is 6.10. The third-order valence-electron chi connectivity index (χ3n) is 5.72. The Morgan fingerprint density at radius 1 is 0.750 bits per heavy atom. The first-order chi connectivity index (χ1) is 15.8. The van der Waals surface area contributed by atoms with Gasteiger partial charge in [0.25, 0.3) is 0 Å². The number of amidine groups is 1. The Balaban J connectivity index is 1.64.